The van der Waals surface area contributed by atoms with E-state index in [1.54, 1.807) is 0 Å². The molecule has 23 heavy (non-hydrogen) atoms. The normalized spacial score (nSPS) is 19.1. The first-order chi connectivity index (χ1) is 10.8. The molecule has 1 aromatic rings. The number of aryl methyl sites for hydroxylation is 1. The third-order valence-electron chi connectivity index (χ3n) is 5.03. The quantitative estimate of drug-likeness (QED) is 0.555. The van der Waals surface area contributed by atoms with Gasteiger partial charge in [-0.3, -0.25) is 0 Å². The highest BCUT2D eigenvalue weighted by molar-refractivity contribution is 6.63. The van der Waals surface area contributed by atoms with E-state index in [4.69, 9.17) is 14.0 Å². The molecule has 0 unspecified atom stereocenters. The van der Waals surface area contributed by atoms with E-state index in [-0.39, 0.29) is 18.3 Å². The summed E-state index contributed by atoms with van der Waals surface area (Å²) < 4.78 is 18.5. The zero-order valence-corrected chi connectivity index (χ0v) is 15.6. The minimum Gasteiger partial charge on any atom is -0.494 e. The molecule has 0 bridgehead atoms. The minimum atomic E-state index is -0.369. The Morgan fingerprint density at radius 2 is 1.65 bits per heavy atom. The molecule has 128 valence electrons. The maximum Gasteiger partial charge on any atom is 0.498 e. The summed E-state index contributed by atoms with van der Waals surface area (Å²) in [4.78, 5) is 0. The van der Waals surface area contributed by atoms with Gasteiger partial charge in [-0.05, 0) is 52.7 Å². The van der Waals surface area contributed by atoms with Crippen LogP contribution in [0.4, 0.5) is 0 Å². The Balaban J connectivity index is 2.13. The standard InChI is InChI=1S/C19H31BO3/c1-7-8-9-10-14-21-16-13-11-12-15(2)17(16)20-22-18(3,4)19(5,6)23-20/h11-13H,7-10,14H2,1-6H3. The van der Waals surface area contributed by atoms with Crippen molar-refractivity contribution in [2.24, 2.45) is 0 Å². The van der Waals surface area contributed by atoms with Crippen molar-refractivity contribution in [1.29, 1.82) is 0 Å². The number of ether oxygens (including phenoxy) is 1. The summed E-state index contributed by atoms with van der Waals surface area (Å²) >= 11 is 0. The van der Waals surface area contributed by atoms with Crippen LogP contribution in [0.5, 0.6) is 5.75 Å². The molecule has 0 aliphatic carbocycles. The van der Waals surface area contributed by atoms with Crippen LogP contribution >= 0.6 is 0 Å². The largest absolute Gasteiger partial charge is 0.498 e. The van der Waals surface area contributed by atoms with Gasteiger partial charge in [0.05, 0.1) is 17.8 Å². The lowest BCUT2D eigenvalue weighted by molar-refractivity contribution is 0.00578. The Bertz CT molecular complexity index is 509. The van der Waals surface area contributed by atoms with E-state index in [1.807, 2.05) is 12.1 Å². The molecule has 0 N–H and O–H groups in total. The number of hydrogen-bond acceptors (Lipinski definition) is 3. The summed E-state index contributed by atoms with van der Waals surface area (Å²) in [5, 5.41) is 0. The maximum absolute atomic E-state index is 6.21. The molecule has 1 aromatic carbocycles. The van der Waals surface area contributed by atoms with Crippen LogP contribution < -0.4 is 10.2 Å². The van der Waals surface area contributed by atoms with E-state index in [1.165, 1.54) is 19.3 Å². The van der Waals surface area contributed by atoms with Crippen LogP contribution in [0.25, 0.3) is 0 Å². The first kappa shape index (κ1) is 18.3. The summed E-state index contributed by atoms with van der Waals surface area (Å²) in [6.45, 7) is 13.4. The van der Waals surface area contributed by atoms with E-state index in [2.05, 4.69) is 47.6 Å². The fourth-order valence-electron chi connectivity index (χ4n) is 2.75. The van der Waals surface area contributed by atoms with Crippen LogP contribution in [0.2, 0.25) is 0 Å². The topological polar surface area (TPSA) is 27.7 Å². The van der Waals surface area contributed by atoms with E-state index in [9.17, 15) is 0 Å². The van der Waals surface area contributed by atoms with Gasteiger partial charge >= 0.3 is 7.12 Å². The molecule has 1 heterocycles. The van der Waals surface area contributed by atoms with Gasteiger partial charge in [0.2, 0.25) is 0 Å². The Morgan fingerprint density at radius 1 is 1.00 bits per heavy atom. The Morgan fingerprint density at radius 3 is 2.26 bits per heavy atom. The van der Waals surface area contributed by atoms with E-state index < -0.39 is 0 Å². The van der Waals surface area contributed by atoms with Gasteiger partial charge in [-0.25, -0.2) is 0 Å². The first-order valence-electron chi connectivity index (χ1n) is 8.86. The predicted octanol–water partition coefficient (Wildman–Crippen LogP) is 4.25. The summed E-state index contributed by atoms with van der Waals surface area (Å²) in [5.74, 6) is 0.889. The molecular formula is C19H31BO3. The molecule has 4 heteroatoms. The molecule has 2 rings (SSSR count). The molecule has 1 fully saturated rings. The monoisotopic (exact) mass is 318 g/mol. The van der Waals surface area contributed by atoms with Crippen LogP contribution in [-0.2, 0) is 9.31 Å². The van der Waals surface area contributed by atoms with Crippen molar-refractivity contribution >= 4 is 12.6 Å². The molecule has 0 radical (unpaired) electrons. The van der Waals surface area contributed by atoms with Crippen molar-refractivity contribution in [1.82, 2.24) is 0 Å². The Labute approximate surface area is 141 Å². The van der Waals surface area contributed by atoms with E-state index >= 15 is 0 Å². The molecule has 0 aromatic heterocycles. The van der Waals surface area contributed by atoms with Crippen LogP contribution in [0, 0.1) is 6.92 Å². The zero-order valence-electron chi connectivity index (χ0n) is 15.6. The van der Waals surface area contributed by atoms with Gasteiger partial charge in [0, 0.05) is 5.46 Å². The smallest absolute Gasteiger partial charge is 0.494 e. The minimum absolute atomic E-state index is 0.335. The third kappa shape index (κ3) is 4.10. The number of unbranched alkanes of at least 4 members (excludes halogenated alkanes) is 3. The molecule has 0 atom stereocenters. The van der Waals surface area contributed by atoms with E-state index in [0.29, 0.717) is 0 Å². The average Bonchev–Trinajstić information content (AvgIpc) is 2.67. The molecule has 1 aliphatic rings. The second-order valence-electron chi connectivity index (χ2n) is 7.48. The van der Waals surface area contributed by atoms with Gasteiger partial charge in [0.25, 0.3) is 0 Å². The lowest BCUT2D eigenvalue weighted by Crippen LogP contribution is -2.41. The van der Waals surface area contributed by atoms with Crippen LogP contribution in [0.1, 0.15) is 65.9 Å². The van der Waals surface area contributed by atoms with Crippen LogP contribution in [0.15, 0.2) is 18.2 Å². The van der Waals surface area contributed by atoms with Crippen LogP contribution in [0.3, 0.4) is 0 Å². The van der Waals surface area contributed by atoms with Gasteiger partial charge in [-0.1, -0.05) is 38.3 Å². The fraction of sp³-hybridized carbons (Fsp3) is 0.684. The lowest BCUT2D eigenvalue weighted by Gasteiger charge is -2.32. The molecule has 0 amide bonds. The predicted molar refractivity (Wildman–Crippen MR) is 96.5 cm³/mol. The van der Waals surface area contributed by atoms with Crippen molar-refractivity contribution in [3.8, 4) is 5.75 Å². The molecule has 0 spiro atoms. The van der Waals surface area contributed by atoms with Gasteiger partial charge in [0.15, 0.2) is 0 Å². The van der Waals surface area contributed by atoms with E-state index in [0.717, 1.165) is 29.8 Å². The number of rotatable bonds is 7. The second-order valence-corrected chi connectivity index (χ2v) is 7.48. The molecule has 1 aliphatic heterocycles. The molecule has 1 saturated heterocycles. The van der Waals surface area contributed by atoms with Crippen molar-refractivity contribution in [2.45, 2.75) is 78.4 Å². The fourth-order valence-corrected chi connectivity index (χ4v) is 2.75. The van der Waals surface area contributed by atoms with Gasteiger partial charge in [0.1, 0.15) is 5.75 Å². The lowest BCUT2D eigenvalue weighted by atomic mass is 9.75. The second kappa shape index (κ2) is 7.27. The highest BCUT2D eigenvalue weighted by Gasteiger charge is 2.52. The van der Waals surface area contributed by atoms with Gasteiger partial charge in [-0.15, -0.1) is 0 Å². The number of hydrogen-bond donors (Lipinski definition) is 0. The average molecular weight is 318 g/mol. The summed E-state index contributed by atoms with van der Waals surface area (Å²) in [7, 11) is -0.369. The summed E-state index contributed by atoms with van der Waals surface area (Å²) in [6, 6.07) is 6.14. The van der Waals surface area contributed by atoms with Gasteiger partial charge in [-0.2, -0.15) is 0 Å². The maximum atomic E-state index is 6.21. The number of benzene rings is 1. The summed E-state index contributed by atoms with van der Waals surface area (Å²) in [5.41, 5.74) is 1.51. The zero-order chi connectivity index (χ0) is 17.1. The van der Waals surface area contributed by atoms with Crippen molar-refractivity contribution < 1.29 is 14.0 Å². The molecule has 3 nitrogen and oxygen atoms in total. The molecular weight excluding hydrogens is 287 g/mol. The highest BCUT2D eigenvalue weighted by Crippen LogP contribution is 2.37. The highest BCUT2D eigenvalue weighted by atomic mass is 16.7. The third-order valence-corrected chi connectivity index (χ3v) is 5.03. The Kier molecular flexibility index (Phi) is 5.80. The van der Waals surface area contributed by atoms with Crippen molar-refractivity contribution in [3.63, 3.8) is 0 Å². The first-order valence-corrected chi connectivity index (χ1v) is 8.86. The Hall–Kier alpha value is -0.995. The molecule has 0 saturated carbocycles. The van der Waals surface area contributed by atoms with Crippen molar-refractivity contribution in [3.05, 3.63) is 23.8 Å². The SMILES string of the molecule is CCCCCCOc1cccc(C)c1B1OC(C)(C)C(C)(C)O1. The summed E-state index contributed by atoms with van der Waals surface area (Å²) in [6.07, 6.45) is 4.81. The van der Waals surface area contributed by atoms with Crippen LogP contribution in [-0.4, -0.2) is 24.9 Å². The van der Waals surface area contributed by atoms with Crippen molar-refractivity contribution in [2.75, 3.05) is 6.61 Å². The van der Waals surface area contributed by atoms with Gasteiger partial charge < -0.3 is 14.0 Å².